The van der Waals surface area contributed by atoms with Gasteiger partial charge in [-0.1, -0.05) is 49.4 Å². The third-order valence-electron chi connectivity index (χ3n) is 3.26. The predicted octanol–water partition coefficient (Wildman–Crippen LogP) is 3.53. The zero-order valence-electron chi connectivity index (χ0n) is 10.7. The van der Waals surface area contributed by atoms with Gasteiger partial charge in [-0.15, -0.1) is 0 Å². The van der Waals surface area contributed by atoms with E-state index in [1.54, 1.807) is 7.11 Å². The lowest BCUT2D eigenvalue weighted by Crippen LogP contribution is -2.07. The van der Waals surface area contributed by atoms with Gasteiger partial charge in [-0.2, -0.15) is 0 Å². The van der Waals surface area contributed by atoms with Crippen LogP contribution in [0.3, 0.4) is 0 Å². The van der Waals surface area contributed by atoms with Crippen molar-refractivity contribution in [1.29, 1.82) is 0 Å². The van der Waals surface area contributed by atoms with Crippen LogP contribution in [0.5, 0.6) is 5.75 Å². The van der Waals surface area contributed by atoms with Crippen molar-refractivity contribution in [2.75, 3.05) is 7.11 Å². The molecular weight excluding hydrogens is 224 g/mol. The molecule has 1 N–H and O–H groups in total. The van der Waals surface area contributed by atoms with Gasteiger partial charge < -0.3 is 9.84 Å². The van der Waals surface area contributed by atoms with Crippen molar-refractivity contribution in [3.05, 3.63) is 65.7 Å². The van der Waals surface area contributed by atoms with Crippen LogP contribution in [0, 0.1) is 0 Å². The van der Waals surface area contributed by atoms with E-state index in [0.29, 0.717) is 0 Å². The lowest BCUT2D eigenvalue weighted by Gasteiger charge is -2.19. The van der Waals surface area contributed by atoms with Gasteiger partial charge in [0.1, 0.15) is 5.75 Å². The molecule has 0 radical (unpaired) electrons. The lowest BCUT2D eigenvalue weighted by atomic mass is 9.91. The molecular formula is C16H18O2. The van der Waals surface area contributed by atoms with Crippen LogP contribution in [0.15, 0.2) is 54.6 Å². The van der Waals surface area contributed by atoms with Crippen LogP contribution >= 0.6 is 0 Å². The van der Waals surface area contributed by atoms with Gasteiger partial charge in [0.05, 0.1) is 13.2 Å². The van der Waals surface area contributed by atoms with E-state index in [0.717, 1.165) is 16.9 Å². The second kappa shape index (κ2) is 5.69. The summed E-state index contributed by atoms with van der Waals surface area (Å²) in [5.41, 5.74) is 2.05. The first-order valence-corrected chi connectivity index (χ1v) is 6.09. The molecule has 18 heavy (non-hydrogen) atoms. The van der Waals surface area contributed by atoms with E-state index >= 15 is 0 Å². The molecule has 0 aliphatic heterocycles. The van der Waals surface area contributed by atoms with Gasteiger partial charge in [-0.05, 0) is 23.3 Å². The predicted molar refractivity (Wildman–Crippen MR) is 72.8 cm³/mol. The Hall–Kier alpha value is -1.80. The minimum atomic E-state index is -0.502. The van der Waals surface area contributed by atoms with Crippen LogP contribution < -0.4 is 4.74 Å². The zero-order valence-corrected chi connectivity index (χ0v) is 10.7. The Morgan fingerprint density at radius 1 is 0.889 bits per heavy atom. The van der Waals surface area contributed by atoms with Crippen LogP contribution in [0.1, 0.15) is 30.1 Å². The van der Waals surface area contributed by atoms with Gasteiger partial charge >= 0.3 is 0 Å². The molecule has 0 aliphatic rings. The molecule has 0 saturated heterocycles. The normalized spacial score (nSPS) is 13.9. The third-order valence-corrected chi connectivity index (χ3v) is 3.26. The van der Waals surface area contributed by atoms with Crippen molar-refractivity contribution in [3.63, 3.8) is 0 Å². The minimum absolute atomic E-state index is 0.0691. The number of benzene rings is 2. The summed E-state index contributed by atoms with van der Waals surface area (Å²) < 4.78 is 5.11. The van der Waals surface area contributed by atoms with Gasteiger partial charge in [-0.25, -0.2) is 0 Å². The Morgan fingerprint density at radius 2 is 1.50 bits per heavy atom. The van der Waals surface area contributed by atoms with Gasteiger partial charge in [0.15, 0.2) is 0 Å². The van der Waals surface area contributed by atoms with Crippen molar-refractivity contribution in [1.82, 2.24) is 0 Å². The highest BCUT2D eigenvalue weighted by Gasteiger charge is 2.17. The number of aliphatic hydroxyl groups excluding tert-OH is 1. The average molecular weight is 242 g/mol. The van der Waals surface area contributed by atoms with E-state index in [9.17, 15) is 5.11 Å². The summed E-state index contributed by atoms with van der Waals surface area (Å²) in [6.45, 7) is 2.03. The lowest BCUT2D eigenvalue weighted by molar-refractivity contribution is 0.151. The summed E-state index contributed by atoms with van der Waals surface area (Å²) in [7, 11) is 1.64. The zero-order chi connectivity index (χ0) is 13.0. The third kappa shape index (κ3) is 2.71. The van der Waals surface area contributed by atoms with E-state index in [1.807, 2.05) is 61.5 Å². The number of methoxy groups -OCH3 is 1. The number of rotatable bonds is 4. The van der Waals surface area contributed by atoms with Crippen molar-refractivity contribution < 1.29 is 9.84 Å². The van der Waals surface area contributed by atoms with Crippen molar-refractivity contribution in [3.8, 4) is 5.75 Å². The van der Waals surface area contributed by atoms with Crippen LogP contribution in [-0.2, 0) is 0 Å². The molecule has 2 nitrogen and oxygen atoms in total. The molecule has 94 valence electrons. The molecule has 2 aromatic rings. The molecule has 0 bridgehead atoms. The maximum Gasteiger partial charge on any atom is 0.118 e. The fourth-order valence-electron chi connectivity index (χ4n) is 2.03. The SMILES string of the molecule is COc1ccc(C(O)C(C)c2ccccc2)cc1. The summed E-state index contributed by atoms with van der Waals surface area (Å²) in [4.78, 5) is 0. The van der Waals surface area contributed by atoms with Gasteiger partial charge in [-0.3, -0.25) is 0 Å². The largest absolute Gasteiger partial charge is 0.497 e. The molecule has 0 aliphatic carbocycles. The van der Waals surface area contributed by atoms with Gasteiger partial charge in [0, 0.05) is 5.92 Å². The van der Waals surface area contributed by atoms with Crippen LogP contribution in [0.25, 0.3) is 0 Å². The molecule has 2 rings (SSSR count). The summed E-state index contributed by atoms with van der Waals surface area (Å²) in [6, 6.07) is 17.6. The Balaban J connectivity index is 2.17. The number of ether oxygens (including phenoxy) is 1. The Labute approximate surface area is 108 Å². The molecule has 2 aromatic carbocycles. The van der Waals surface area contributed by atoms with E-state index in [-0.39, 0.29) is 5.92 Å². The maximum absolute atomic E-state index is 10.4. The minimum Gasteiger partial charge on any atom is -0.497 e. The van der Waals surface area contributed by atoms with E-state index in [4.69, 9.17) is 4.74 Å². The van der Waals surface area contributed by atoms with Crippen LogP contribution in [0.2, 0.25) is 0 Å². The van der Waals surface area contributed by atoms with Crippen molar-refractivity contribution >= 4 is 0 Å². The first kappa shape index (κ1) is 12.7. The summed E-state index contributed by atoms with van der Waals surface area (Å²) in [5, 5.41) is 10.4. The highest BCUT2D eigenvalue weighted by atomic mass is 16.5. The van der Waals surface area contributed by atoms with E-state index in [1.165, 1.54) is 0 Å². The molecule has 0 amide bonds. The molecule has 0 fully saturated rings. The molecule has 2 heteroatoms. The fraction of sp³-hybridized carbons (Fsp3) is 0.250. The quantitative estimate of drug-likeness (QED) is 0.888. The number of hydrogen-bond donors (Lipinski definition) is 1. The first-order chi connectivity index (χ1) is 8.72. The summed E-state index contributed by atoms with van der Waals surface area (Å²) >= 11 is 0. The fourth-order valence-corrected chi connectivity index (χ4v) is 2.03. The summed E-state index contributed by atoms with van der Waals surface area (Å²) in [6.07, 6.45) is -0.502. The molecule has 0 heterocycles. The highest BCUT2D eigenvalue weighted by molar-refractivity contribution is 5.31. The summed E-state index contributed by atoms with van der Waals surface area (Å²) in [5.74, 6) is 0.873. The maximum atomic E-state index is 10.4. The highest BCUT2D eigenvalue weighted by Crippen LogP contribution is 2.30. The molecule has 0 spiro atoms. The smallest absolute Gasteiger partial charge is 0.118 e. The topological polar surface area (TPSA) is 29.5 Å². The Morgan fingerprint density at radius 3 is 2.06 bits per heavy atom. The number of hydrogen-bond acceptors (Lipinski definition) is 2. The van der Waals surface area contributed by atoms with Gasteiger partial charge in [0.25, 0.3) is 0 Å². The van der Waals surface area contributed by atoms with E-state index in [2.05, 4.69) is 0 Å². The second-order valence-electron chi connectivity index (χ2n) is 4.42. The van der Waals surface area contributed by atoms with Gasteiger partial charge in [0.2, 0.25) is 0 Å². The first-order valence-electron chi connectivity index (χ1n) is 6.09. The van der Waals surface area contributed by atoms with Crippen molar-refractivity contribution in [2.45, 2.75) is 18.9 Å². The Bertz CT molecular complexity index is 476. The van der Waals surface area contributed by atoms with Crippen LogP contribution in [-0.4, -0.2) is 12.2 Å². The van der Waals surface area contributed by atoms with Crippen molar-refractivity contribution in [2.24, 2.45) is 0 Å². The Kier molecular flexibility index (Phi) is 4.00. The van der Waals surface area contributed by atoms with E-state index < -0.39 is 6.10 Å². The molecule has 2 atom stereocenters. The molecule has 2 unspecified atom stereocenters. The monoisotopic (exact) mass is 242 g/mol. The van der Waals surface area contributed by atoms with Crippen LogP contribution in [0.4, 0.5) is 0 Å². The average Bonchev–Trinajstić information content (AvgIpc) is 2.47. The molecule has 0 saturated carbocycles. The molecule has 0 aromatic heterocycles. The second-order valence-corrected chi connectivity index (χ2v) is 4.42. The standard InChI is InChI=1S/C16H18O2/c1-12(13-6-4-3-5-7-13)16(17)14-8-10-15(18-2)11-9-14/h3-12,16-17H,1-2H3. The number of aliphatic hydroxyl groups is 1.